The van der Waals surface area contributed by atoms with Gasteiger partial charge in [-0.2, -0.15) is 12.6 Å². The number of nitrogens with zero attached hydrogens (tertiary/aromatic N) is 1. The van der Waals surface area contributed by atoms with Crippen LogP contribution < -0.4 is 10.6 Å². The second-order valence-corrected chi connectivity index (χ2v) is 5.01. The summed E-state index contributed by atoms with van der Waals surface area (Å²) in [6.45, 7) is 4.45. The van der Waals surface area contributed by atoms with Crippen LogP contribution in [0.5, 0.6) is 0 Å². The molecule has 116 valence electrons. The lowest BCUT2D eigenvalue weighted by Crippen LogP contribution is -2.50. The number of nitrogens with one attached hydrogen (secondary N) is 2. The molecule has 0 aliphatic heterocycles. The van der Waals surface area contributed by atoms with Gasteiger partial charge in [-0.1, -0.05) is 0 Å². The highest BCUT2D eigenvalue weighted by Crippen LogP contribution is 2.03. The first-order valence-corrected chi connectivity index (χ1v) is 6.92. The van der Waals surface area contributed by atoms with Crippen molar-refractivity contribution in [3.63, 3.8) is 0 Å². The summed E-state index contributed by atoms with van der Waals surface area (Å²) in [4.78, 5) is 35.5. The molecule has 0 saturated heterocycles. The molecule has 0 aliphatic rings. The maximum Gasteiger partial charge on any atom is 0.242 e. The molecule has 3 N–H and O–H groups in total. The minimum absolute atomic E-state index is 0.104. The number of hydrogen-bond donors (Lipinski definition) is 4. The van der Waals surface area contributed by atoms with E-state index in [1.807, 2.05) is 0 Å². The van der Waals surface area contributed by atoms with Crippen LogP contribution >= 0.6 is 12.6 Å². The lowest BCUT2D eigenvalue weighted by Gasteiger charge is -2.23. The molecule has 0 aromatic carbocycles. The Balaban J connectivity index is 4.31. The quantitative estimate of drug-likeness (QED) is 0.362. The summed E-state index contributed by atoms with van der Waals surface area (Å²) in [5.74, 6) is -0.733. The number of aliphatic hydroxyl groups is 1. The fraction of sp³-hybridized carbons (Fsp3) is 0.750. The van der Waals surface area contributed by atoms with Crippen LogP contribution in [0.15, 0.2) is 0 Å². The molecule has 0 radical (unpaired) electrons. The van der Waals surface area contributed by atoms with Crippen LogP contribution in [0.2, 0.25) is 0 Å². The van der Waals surface area contributed by atoms with Crippen LogP contribution in [0.3, 0.4) is 0 Å². The molecule has 0 spiro atoms. The van der Waals surface area contributed by atoms with E-state index < -0.39 is 24.1 Å². The highest BCUT2D eigenvalue weighted by molar-refractivity contribution is 7.80. The zero-order valence-corrected chi connectivity index (χ0v) is 13.1. The number of carbonyl (C=O) groups excluding carboxylic acids is 3. The topological polar surface area (TPSA) is 98.7 Å². The largest absolute Gasteiger partial charge is 0.390 e. The van der Waals surface area contributed by atoms with Gasteiger partial charge in [0.05, 0.1) is 24.4 Å². The van der Waals surface area contributed by atoms with Crippen LogP contribution in [0.1, 0.15) is 27.2 Å². The zero-order chi connectivity index (χ0) is 15.9. The van der Waals surface area contributed by atoms with Crippen molar-refractivity contribution >= 4 is 30.4 Å². The maximum absolute atomic E-state index is 11.7. The van der Waals surface area contributed by atoms with Crippen LogP contribution in [-0.4, -0.2) is 58.8 Å². The first-order valence-electron chi connectivity index (χ1n) is 6.29. The van der Waals surface area contributed by atoms with E-state index in [0.29, 0.717) is 0 Å². The fourth-order valence-electron chi connectivity index (χ4n) is 1.41. The Morgan fingerprint density at radius 1 is 1.25 bits per heavy atom. The lowest BCUT2D eigenvalue weighted by atomic mass is 10.1. The molecule has 20 heavy (non-hydrogen) atoms. The van der Waals surface area contributed by atoms with Gasteiger partial charge in [0.2, 0.25) is 17.7 Å². The standard InChI is InChI=1S/C12H23N3O4S/c1-7(10(17)5-11(18)15(4)6-20)14-12(19)8(2)13-9(3)16/h7-8,10,17,20H,5-6H2,1-4H3,(H,13,16)(H,14,19). The number of thiol groups is 1. The first-order chi connectivity index (χ1) is 9.18. The summed E-state index contributed by atoms with van der Waals surface area (Å²) in [7, 11) is 1.57. The first kappa shape index (κ1) is 18.7. The minimum Gasteiger partial charge on any atom is -0.390 e. The van der Waals surface area contributed by atoms with Crippen molar-refractivity contribution in [3.05, 3.63) is 0 Å². The second kappa shape index (κ2) is 8.80. The summed E-state index contributed by atoms with van der Waals surface area (Å²) in [5.41, 5.74) is 0. The molecule has 0 aliphatic carbocycles. The van der Waals surface area contributed by atoms with Gasteiger partial charge in [-0.15, -0.1) is 0 Å². The van der Waals surface area contributed by atoms with Crippen LogP contribution in [0.25, 0.3) is 0 Å². The molecule has 3 unspecified atom stereocenters. The fourth-order valence-corrected chi connectivity index (χ4v) is 1.56. The van der Waals surface area contributed by atoms with E-state index in [1.54, 1.807) is 14.0 Å². The minimum atomic E-state index is -1.00. The Labute approximate surface area is 124 Å². The zero-order valence-electron chi connectivity index (χ0n) is 12.2. The van der Waals surface area contributed by atoms with E-state index in [9.17, 15) is 19.5 Å². The third kappa shape index (κ3) is 6.76. The van der Waals surface area contributed by atoms with Gasteiger partial charge in [-0.05, 0) is 13.8 Å². The van der Waals surface area contributed by atoms with Crippen molar-refractivity contribution < 1.29 is 19.5 Å². The Hall–Kier alpha value is -1.28. The van der Waals surface area contributed by atoms with Crippen molar-refractivity contribution in [2.75, 3.05) is 12.9 Å². The average molecular weight is 305 g/mol. The van der Waals surface area contributed by atoms with Crippen LogP contribution in [-0.2, 0) is 14.4 Å². The highest BCUT2D eigenvalue weighted by Gasteiger charge is 2.23. The molecule has 0 saturated carbocycles. The molecule has 3 atom stereocenters. The summed E-state index contributed by atoms with van der Waals surface area (Å²) in [5, 5.41) is 14.9. The van der Waals surface area contributed by atoms with E-state index in [4.69, 9.17) is 0 Å². The SMILES string of the molecule is CC(=O)NC(C)C(=O)NC(C)C(O)CC(=O)N(C)CS. The van der Waals surface area contributed by atoms with Crippen molar-refractivity contribution in [1.29, 1.82) is 0 Å². The summed E-state index contributed by atoms with van der Waals surface area (Å²) in [6, 6.07) is -1.30. The Morgan fingerprint density at radius 2 is 1.80 bits per heavy atom. The van der Waals surface area contributed by atoms with E-state index in [2.05, 4.69) is 23.3 Å². The van der Waals surface area contributed by atoms with Gasteiger partial charge >= 0.3 is 0 Å². The molecule has 3 amide bonds. The predicted molar refractivity (Wildman–Crippen MR) is 78.1 cm³/mol. The highest BCUT2D eigenvalue weighted by atomic mass is 32.1. The smallest absolute Gasteiger partial charge is 0.242 e. The van der Waals surface area contributed by atoms with Gasteiger partial charge in [-0.25, -0.2) is 0 Å². The Bertz CT molecular complexity index is 365. The summed E-state index contributed by atoms with van der Waals surface area (Å²) < 4.78 is 0. The number of amides is 3. The van der Waals surface area contributed by atoms with E-state index in [1.165, 1.54) is 18.7 Å². The molecular weight excluding hydrogens is 282 g/mol. The molecule has 0 fully saturated rings. The molecule has 0 aromatic heterocycles. The van der Waals surface area contributed by atoms with E-state index in [0.717, 1.165) is 0 Å². The molecular formula is C12H23N3O4S. The summed E-state index contributed by atoms with van der Waals surface area (Å²) >= 11 is 3.96. The predicted octanol–water partition coefficient (Wildman–Crippen LogP) is -0.888. The number of rotatable bonds is 7. The molecule has 0 rings (SSSR count). The molecule has 0 heterocycles. The third-order valence-corrected chi connectivity index (χ3v) is 3.21. The van der Waals surface area contributed by atoms with Gasteiger partial charge in [0.25, 0.3) is 0 Å². The molecule has 7 nitrogen and oxygen atoms in total. The maximum atomic E-state index is 11.7. The molecule has 0 aromatic rings. The van der Waals surface area contributed by atoms with Gasteiger partial charge in [-0.3, -0.25) is 14.4 Å². The molecule has 0 bridgehead atoms. The van der Waals surface area contributed by atoms with E-state index in [-0.39, 0.29) is 24.1 Å². The van der Waals surface area contributed by atoms with Crippen molar-refractivity contribution in [3.8, 4) is 0 Å². The Morgan fingerprint density at radius 3 is 2.25 bits per heavy atom. The third-order valence-electron chi connectivity index (χ3n) is 2.78. The number of hydrogen-bond acceptors (Lipinski definition) is 5. The van der Waals surface area contributed by atoms with Gasteiger partial charge < -0.3 is 20.6 Å². The average Bonchev–Trinajstić information content (AvgIpc) is 2.36. The lowest BCUT2D eigenvalue weighted by molar-refractivity contribution is -0.132. The Kier molecular flexibility index (Phi) is 8.24. The van der Waals surface area contributed by atoms with Gasteiger partial charge in [0.15, 0.2) is 0 Å². The number of carbonyl (C=O) groups is 3. The van der Waals surface area contributed by atoms with Crippen molar-refractivity contribution in [2.24, 2.45) is 0 Å². The van der Waals surface area contributed by atoms with Gasteiger partial charge in [0.1, 0.15) is 6.04 Å². The normalized spacial score (nSPS) is 14.9. The van der Waals surface area contributed by atoms with Crippen molar-refractivity contribution in [2.45, 2.75) is 45.4 Å². The summed E-state index contributed by atoms with van der Waals surface area (Å²) in [6.07, 6.45) is -1.11. The van der Waals surface area contributed by atoms with E-state index >= 15 is 0 Å². The molecule has 8 heteroatoms. The van der Waals surface area contributed by atoms with Crippen LogP contribution in [0.4, 0.5) is 0 Å². The van der Waals surface area contributed by atoms with Crippen LogP contribution in [0, 0.1) is 0 Å². The second-order valence-electron chi connectivity index (χ2n) is 4.72. The van der Waals surface area contributed by atoms with Gasteiger partial charge in [0, 0.05) is 14.0 Å². The van der Waals surface area contributed by atoms with Crippen molar-refractivity contribution in [1.82, 2.24) is 15.5 Å². The monoisotopic (exact) mass is 305 g/mol. The number of aliphatic hydroxyl groups excluding tert-OH is 1.